The van der Waals surface area contributed by atoms with E-state index in [-0.39, 0.29) is 17.2 Å². The monoisotopic (exact) mass is 260 g/mol. The molecule has 0 aromatic carbocycles. The maximum Gasteiger partial charge on any atom is 0.243 e. The second-order valence-electron chi connectivity index (χ2n) is 5.45. The molecule has 0 rings (SSSR count). The van der Waals surface area contributed by atoms with Crippen molar-refractivity contribution in [3.8, 4) is 0 Å². The number of hydrogen-bond acceptors (Lipinski definition) is 3. The van der Waals surface area contributed by atoms with Crippen LogP contribution in [0.1, 0.15) is 34.6 Å². The van der Waals surface area contributed by atoms with Crippen molar-refractivity contribution in [2.75, 3.05) is 12.3 Å². The van der Waals surface area contributed by atoms with Crippen molar-refractivity contribution in [3.63, 3.8) is 0 Å². The zero-order valence-electron chi connectivity index (χ0n) is 11.3. The fourth-order valence-corrected chi connectivity index (χ4v) is 1.38. The van der Waals surface area contributed by atoms with Gasteiger partial charge in [-0.15, -0.1) is 0 Å². The van der Waals surface area contributed by atoms with Crippen molar-refractivity contribution in [1.82, 2.24) is 10.6 Å². The molecule has 0 fully saturated rings. The molecule has 0 aromatic rings. The standard InChI is InChI=1S/C12H24N2O2S/c1-8(12(3,4)5)6-13-11(16)10(7-17)14-9(2)15/h8,10,17H,6-7H2,1-5H3,(H,13,16)(H,14,15). The smallest absolute Gasteiger partial charge is 0.243 e. The van der Waals surface area contributed by atoms with Gasteiger partial charge >= 0.3 is 0 Å². The first-order valence-corrected chi connectivity index (χ1v) is 6.47. The predicted molar refractivity (Wildman–Crippen MR) is 73.1 cm³/mol. The van der Waals surface area contributed by atoms with Gasteiger partial charge in [-0.25, -0.2) is 0 Å². The molecule has 0 spiro atoms. The van der Waals surface area contributed by atoms with Crippen LogP contribution in [0.25, 0.3) is 0 Å². The molecule has 17 heavy (non-hydrogen) atoms. The van der Waals surface area contributed by atoms with Gasteiger partial charge in [0.1, 0.15) is 6.04 Å². The lowest BCUT2D eigenvalue weighted by Gasteiger charge is -2.28. The Balaban J connectivity index is 4.20. The van der Waals surface area contributed by atoms with Crippen LogP contribution in [-0.2, 0) is 9.59 Å². The van der Waals surface area contributed by atoms with Crippen molar-refractivity contribution < 1.29 is 9.59 Å². The SMILES string of the molecule is CC(=O)NC(CS)C(=O)NCC(C)C(C)(C)C. The molecule has 0 heterocycles. The average Bonchev–Trinajstić information content (AvgIpc) is 2.20. The first-order valence-electron chi connectivity index (χ1n) is 5.84. The van der Waals surface area contributed by atoms with Gasteiger partial charge in [-0.2, -0.15) is 12.6 Å². The van der Waals surface area contributed by atoms with E-state index in [4.69, 9.17) is 0 Å². The number of carbonyl (C=O) groups is 2. The fraction of sp³-hybridized carbons (Fsp3) is 0.833. The molecular formula is C12H24N2O2S. The Kier molecular flexibility index (Phi) is 6.60. The van der Waals surface area contributed by atoms with Crippen LogP contribution in [0.2, 0.25) is 0 Å². The zero-order valence-corrected chi connectivity index (χ0v) is 12.2. The minimum Gasteiger partial charge on any atom is -0.354 e. The second kappa shape index (κ2) is 6.89. The molecule has 5 heteroatoms. The van der Waals surface area contributed by atoms with Gasteiger partial charge in [-0.1, -0.05) is 27.7 Å². The van der Waals surface area contributed by atoms with E-state index >= 15 is 0 Å². The lowest BCUT2D eigenvalue weighted by atomic mass is 9.82. The lowest BCUT2D eigenvalue weighted by molar-refractivity contribution is -0.127. The summed E-state index contributed by atoms with van der Waals surface area (Å²) in [5, 5.41) is 5.41. The van der Waals surface area contributed by atoms with E-state index < -0.39 is 6.04 Å². The number of thiol groups is 1. The van der Waals surface area contributed by atoms with Gasteiger partial charge in [0.15, 0.2) is 0 Å². The van der Waals surface area contributed by atoms with E-state index in [9.17, 15) is 9.59 Å². The molecule has 2 atom stereocenters. The minimum absolute atomic E-state index is 0.151. The van der Waals surface area contributed by atoms with Gasteiger partial charge in [0, 0.05) is 19.2 Å². The highest BCUT2D eigenvalue weighted by molar-refractivity contribution is 7.80. The van der Waals surface area contributed by atoms with Crippen LogP contribution >= 0.6 is 12.6 Å². The number of rotatable bonds is 5. The normalized spacial score (nSPS) is 14.9. The van der Waals surface area contributed by atoms with Crippen molar-refractivity contribution in [3.05, 3.63) is 0 Å². The Morgan fingerprint density at radius 1 is 1.29 bits per heavy atom. The molecule has 2 unspecified atom stereocenters. The highest BCUT2D eigenvalue weighted by atomic mass is 32.1. The van der Waals surface area contributed by atoms with Crippen LogP contribution in [0.3, 0.4) is 0 Å². The van der Waals surface area contributed by atoms with E-state index in [1.807, 2.05) is 0 Å². The predicted octanol–water partition coefficient (Wildman–Crippen LogP) is 1.22. The van der Waals surface area contributed by atoms with Crippen LogP contribution in [0.4, 0.5) is 0 Å². The van der Waals surface area contributed by atoms with E-state index in [1.54, 1.807) is 0 Å². The van der Waals surface area contributed by atoms with E-state index in [1.165, 1.54) is 6.92 Å². The number of carbonyl (C=O) groups excluding carboxylic acids is 2. The fourth-order valence-electron chi connectivity index (χ4n) is 1.12. The summed E-state index contributed by atoms with van der Waals surface area (Å²) in [4.78, 5) is 22.7. The Hall–Kier alpha value is -0.710. The minimum atomic E-state index is -0.553. The summed E-state index contributed by atoms with van der Waals surface area (Å²) < 4.78 is 0. The van der Waals surface area contributed by atoms with Crippen molar-refractivity contribution in [2.24, 2.45) is 11.3 Å². The first kappa shape index (κ1) is 16.3. The van der Waals surface area contributed by atoms with Gasteiger partial charge in [0.2, 0.25) is 11.8 Å². The number of nitrogens with one attached hydrogen (secondary N) is 2. The van der Waals surface area contributed by atoms with E-state index in [0.717, 1.165) is 0 Å². The Labute approximate surface area is 109 Å². The zero-order chi connectivity index (χ0) is 13.6. The summed E-state index contributed by atoms with van der Waals surface area (Å²) in [5.41, 5.74) is 0.151. The molecule has 0 aliphatic heterocycles. The maximum absolute atomic E-state index is 11.8. The average molecular weight is 260 g/mol. The van der Waals surface area contributed by atoms with Crippen molar-refractivity contribution >= 4 is 24.4 Å². The molecule has 100 valence electrons. The lowest BCUT2D eigenvalue weighted by Crippen LogP contribution is -2.48. The molecular weight excluding hydrogens is 236 g/mol. The van der Waals surface area contributed by atoms with Crippen LogP contribution in [-0.4, -0.2) is 30.2 Å². The summed E-state index contributed by atoms with van der Waals surface area (Å²) in [7, 11) is 0. The Morgan fingerprint density at radius 3 is 2.18 bits per heavy atom. The molecule has 0 radical (unpaired) electrons. The second-order valence-corrected chi connectivity index (χ2v) is 5.81. The number of amides is 2. The highest BCUT2D eigenvalue weighted by Crippen LogP contribution is 2.24. The summed E-state index contributed by atoms with van der Waals surface area (Å²) >= 11 is 4.06. The summed E-state index contributed by atoms with van der Waals surface area (Å²) in [5.74, 6) is 0.272. The van der Waals surface area contributed by atoms with Gasteiger partial charge < -0.3 is 10.6 Å². The summed E-state index contributed by atoms with van der Waals surface area (Å²) in [6, 6.07) is -0.553. The van der Waals surface area contributed by atoms with Gasteiger partial charge in [0.05, 0.1) is 0 Å². The molecule has 2 amide bonds. The molecule has 0 bridgehead atoms. The Bertz CT molecular complexity index is 274. The van der Waals surface area contributed by atoms with E-state index in [2.05, 4.69) is 51.0 Å². The molecule has 4 nitrogen and oxygen atoms in total. The van der Waals surface area contributed by atoms with Gasteiger partial charge in [-0.3, -0.25) is 9.59 Å². The third-order valence-electron chi connectivity index (χ3n) is 2.94. The van der Waals surface area contributed by atoms with Crippen LogP contribution in [0, 0.1) is 11.3 Å². The quantitative estimate of drug-likeness (QED) is 0.651. The molecule has 0 saturated carbocycles. The van der Waals surface area contributed by atoms with Crippen molar-refractivity contribution in [2.45, 2.75) is 40.7 Å². The molecule has 0 saturated heterocycles. The third kappa shape index (κ3) is 6.56. The van der Waals surface area contributed by atoms with Crippen molar-refractivity contribution in [1.29, 1.82) is 0 Å². The van der Waals surface area contributed by atoms with Crippen LogP contribution < -0.4 is 10.6 Å². The molecule has 0 aromatic heterocycles. The maximum atomic E-state index is 11.8. The van der Waals surface area contributed by atoms with Crippen LogP contribution in [0.15, 0.2) is 0 Å². The van der Waals surface area contributed by atoms with Crippen LogP contribution in [0.5, 0.6) is 0 Å². The first-order chi connectivity index (χ1) is 7.68. The summed E-state index contributed by atoms with van der Waals surface area (Å²) in [6.07, 6.45) is 0. The largest absolute Gasteiger partial charge is 0.354 e. The molecule has 0 aliphatic carbocycles. The third-order valence-corrected chi connectivity index (χ3v) is 3.30. The number of hydrogen-bond donors (Lipinski definition) is 3. The molecule has 2 N–H and O–H groups in total. The van der Waals surface area contributed by atoms with Gasteiger partial charge in [-0.05, 0) is 11.3 Å². The Morgan fingerprint density at radius 2 is 1.82 bits per heavy atom. The molecule has 0 aliphatic rings. The van der Waals surface area contributed by atoms with Gasteiger partial charge in [0.25, 0.3) is 0 Å². The van der Waals surface area contributed by atoms with E-state index in [0.29, 0.717) is 18.2 Å². The summed E-state index contributed by atoms with van der Waals surface area (Å²) in [6.45, 7) is 10.5. The highest BCUT2D eigenvalue weighted by Gasteiger charge is 2.22. The topological polar surface area (TPSA) is 58.2 Å².